The molecule has 142 valence electrons. The first kappa shape index (κ1) is 18.7. The van der Waals surface area contributed by atoms with Crippen molar-refractivity contribution in [3.05, 3.63) is 57.5 Å². The Morgan fingerprint density at radius 2 is 2.19 bits per heavy atom. The number of H-pyrrole nitrogens is 1. The zero-order valence-electron chi connectivity index (χ0n) is 15.0. The third-order valence-corrected chi connectivity index (χ3v) is 4.09. The number of nitrogens with one attached hydrogen (secondary N) is 2. The minimum Gasteiger partial charge on any atom is -0.496 e. The summed E-state index contributed by atoms with van der Waals surface area (Å²) in [6.07, 6.45) is 1.55. The van der Waals surface area contributed by atoms with Crippen molar-refractivity contribution in [2.75, 3.05) is 33.4 Å². The maximum Gasteiger partial charge on any atom is 0.291 e. The van der Waals surface area contributed by atoms with E-state index in [-0.39, 0.29) is 11.3 Å². The molecule has 0 atom stereocenters. The molecule has 0 unspecified atom stereocenters. The standard InChI is InChI=1S/C18H21N5O4/c1-26-16-4-2-13(10-14(16)12-23-6-8-27-9-7-23)11-19-22-18(25)15-3-5-17(24)21-20-15/h2-5,10-11H,6-9,12H2,1H3,(H,21,24)(H,22,25)/b19-11-. The lowest BCUT2D eigenvalue weighted by Gasteiger charge is -2.27. The molecular formula is C18H21N5O4. The van der Waals surface area contributed by atoms with Crippen LogP contribution in [-0.4, -0.2) is 60.6 Å². The molecule has 2 aromatic rings. The van der Waals surface area contributed by atoms with Crippen LogP contribution in [0.15, 0.2) is 40.2 Å². The quantitative estimate of drug-likeness (QED) is 0.561. The number of carbonyl (C=O) groups excluding carboxylic acids is 1. The molecule has 2 heterocycles. The molecule has 1 aliphatic heterocycles. The van der Waals surface area contributed by atoms with Crippen LogP contribution >= 0.6 is 0 Å². The molecule has 27 heavy (non-hydrogen) atoms. The number of ether oxygens (including phenoxy) is 2. The zero-order chi connectivity index (χ0) is 19.1. The number of rotatable bonds is 6. The smallest absolute Gasteiger partial charge is 0.291 e. The van der Waals surface area contributed by atoms with Gasteiger partial charge in [0.25, 0.3) is 11.5 Å². The second kappa shape index (κ2) is 9.06. The molecule has 2 N–H and O–H groups in total. The predicted molar refractivity (Wildman–Crippen MR) is 99.0 cm³/mol. The van der Waals surface area contributed by atoms with E-state index in [1.54, 1.807) is 13.3 Å². The molecule has 1 amide bonds. The van der Waals surface area contributed by atoms with E-state index in [4.69, 9.17) is 9.47 Å². The Hall–Kier alpha value is -3.04. The summed E-state index contributed by atoms with van der Waals surface area (Å²) in [5.41, 5.74) is 3.95. The molecule has 1 aromatic carbocycles. The first-order valence-corrected chi connectivity index (χ1v) is 8.52. The number of aromatic nitrogens is 2. The van der Waals surface area contributed by atoms with Gasteiger partial charge in [-0.15, -0.1) is 0 Å². The van der Waals surface area contributed by atoms with Gasteiger partial charge in [-0.1, -0.05) is 0 Å². The van der Waals surface area contributed by atoms with E-state index in [2.05, 4.69) is 25.6 Å². The van der Waals surface area contributed by atoms with Gasteiger partial charge in [0.1, 0.15) is 5.75 Å². The molecule has 1 fully saturated rings. The van der Waals surface area contributed by atoms with Gasteiger partial charge in [-0.25, -0.2) is 10.5 Å². The summed E-state index contributed by atoms with van der Waals surface area (Å²) in [5.74, 6) is 0.296. The van der Waals surface area contributed by atoms with Gasteiger partial charge in [0.15, 0.2) is 5.69 Å². The van der Waals surface area contributed by atoms with Gasteiger partial charge in [0.05, 0.1) is 26.5 Å². The van der Waals surface area contributed by atoms with E-state index in [1.165, 1.54) is 12.1 Å². The molecular weight excluding hydrogens is 350 g/mol. The van der Waals surface area contributed by atoms with Gasteiger partial charge in [0, 0.05) is 31.3 Å². The van der Waals surface area contributed by atoms with Crippen LogP contribution < -0.4 is 15.7 Å². The average molecular weight is 371 g/mol. The lowest BCUT2D eigenvalue weighted by Crippen LogP contribution is -2.35. The number of aromatic amines is 1. The SMILES string of the molecule is COc1ccc(/C=N\NC(=O)c2ccc(=O)[nH]n2)cc1CN1CCOCC1. The van der Waals surface area contributed by atoms with Crippen molar-refractivity contribution in [2.45, 2.75) is 6.54 Å². The van der Waals surface area contributed by atoms with Crippen LogP contribution in [0.5, 0.6) is 5.75 Å². The summed E-state index contributed by atoms with van der Waals surface area (Å²) >= 11 is 0. The fourth-order valence-electron chi connectivity index (χ4n) is 2.70. The Labute approximate surface area is 156 Å². The van der Waals surface area contributed by atoms with Gasteiger partial charge in [-0.2, -0.15) is 10.2 Å². The fourth-order valence-corrected chi connectivity index (χ4v) is 2.70. The highest BCUT2D eigenvalue weighted by atomic mass is 16.5. The van der Waals surface area contributed by atoms with E-state index in [0.29, 0.717) is 0 Å². The van der Waals surface area contributed by atoms with E-state index in [1.807, 2.05) is 18.2 Å². The summed E-state index contributed by atoms with van der Waals surface area (Å²) in [7, 11) is 1.64. The normalized spacial score (nSPS) is 15.0. The Bertz CT molecular complexity index is 854. The van der Waals surface area contributed by atoms with E-state index < -0.39 is 5.91 Å². The van der Waals surface area contributed by atoms with Crippen molar-refractivity contribution in [1.82, 2.24) is 20.5 Å². The van der Waals surface area contributed by atoms with Crippen molar-refractivity contribution < 1.29 is 14.3 Å². The molecule has 0 radical (unpaired) electrons. The highest BCUT2D eigenvalue weighted by molar-refractivity contribution is 5.92. The van der Waals surface area contributed by atoms with Crippen LogP contribution in [0.2, 0.25) is 0 Å². The van der Waals surface area contributed by atoms with Gasteiger partial charge in [-0.05, 0) is 29.8 Å². The Balaban J connectivity index is 1.65. The number of benzene rings is 1. The van der Waals surface area contributed by atoms with Crippen molar-refractivity contribution in [1.29, 1.82) is 0 Å². The van der Waals surface area contributed by atoms with Crippen LogP contribution in [0.4, 0.5) is 0 Å². The highest BCUT2D eigenvalue weighted by Crippen LogP contribution is 2.21. The second-order valence-electron chi connectivity index (χ2n) is 5.97. The summed E-state index contributed by atoms with van der Waals surface area (Å²) < 4.78 is 10.8. The second-order valence-corrected chi connectivity index (χ2v) is 5.97. The fraction of sp³-hybridized carbons (Fsp3) is 0.333. The molecule has 9 nitrogen and oxygen atoms in total. The predicted octanol–water partition coefficient (Wildman–Crippen LogP) is 0.375. The van der Waals surface area contributed by atoms with Crippen molar-refractivity contribution in [3.8, 4) is 5.75 Å². The summed E-state index contributed by atoms with van der Waals surface area (Å²) in [6, 6.07) is 8.27. The topological polar surface area (TPSA) is 109 Å². The maximum absolute atomic E-state index is 11.9. The third-order valence-electron chi connectivity index (χ3n) is 4.09. The first-order chi connectivity index (χ1) is 13.2. The number of amides is 1. The van der Waals surface area contributed by atoms with E-state index >= 15 is 0 Å². The van der Waals surface area contributed by atoms with Gasteiger partial charge >= 0.3 is 0 Å². The van der Waals surface area contributed by atoms with Gasteiger partial charge < -0.3 is 9.47 Å². The molecule has 0 aliphatic carbocycles. The van der Waals surface area contributed by atoms with Crippen molar-refractivity contribution in [3.63, 3.8) is 0 Å². The molecule has 0 bridgehead atoms. The lowest BCUT2D eigenvalue weighted by atomic mass is 10.1. The number of carbonyl (C=O) groups is 1. The molecule has 1 aromatic heterocycles. The van der Waals surface area contributed by atoms with Crippen molar-refractivity contribution in [2.24, 2.45) is 5.10 Å². The number of nitrogens with zero attached hydrogens (tertiary/aromatic N) is 3. The third kappa shape index (κ3) is 5.22. The number of hydrazone groups is 1. The minimum absolute atomic E-state index is 0.0782. The minimum atomic E-state index is -0.510. The van der Waals surface area contributed by atoms with Crippen LogP contribution in [-0.2, 0) is 11.3 Å². The Morgan fingerprint density at radius 3 is 2.89 bits per heavy atom. The molecule has 0 saturated carbocycles. The van der Waals surface area contributed by atoms with Gasteiger partial charge in [-0.3, -0.25) is 14.5 Å². The molecule has 3 rings (SSSR count). The summed E-state index contributed by atoms with van der Waals surface area (Å²) in [6.45, 7) is 3.97. The number of morpholine rings is 1. The largest absolute Gasteiger partial charge is 0.496 e. The monoisotopic (exact) mass is 371 g/mol. The molecule has 0 spiro atoms. The average Bonchev–Trinajstić information content (AvgIpc) is 2.69. The summed E-state index contributed by atoms with van der Waals surface area (Å²) in [5, 5.41) is 9.80. The van der Waals surface area contributed by atoms with Crippen LogP contribution in [0.1, 0.15) is 21.6 Å². The van der Waals surface area contributed by atoms with Crippen LogP contribution in [0.3, 0.4) is 0 Å². The lowest BCUT2D eigenvalue weighted by molar-refractivity contribution is 0.0339. The van der Waals surface area contributed by atoms with Crippen molar-refractivity contribution >= 4 is 12.1 Å². The van der Waals surface area contributed by atoms with Crippen LogP contribution in [0, 0.1) is 0 Å². The number of hydrogen-bond acceptors (Lipinski definition) is 7. The van der Waals surface area contributed by atoms with Crippen LogP contribution in [0.25, 0.3) is 0 Å². The van der Waals surface area contributed by atoms with E-state index in [9.17, 15) is 9.59 Å². The zero-order valence-corrected chi connectivity index (χ0v) is 15.0. The molecule has 1 saturated heterocycles. The Morgan fingerprint density at radius 1 is 1.37 bits per heavy atom. The highest BCUT2D eigenvalue weighted by Gasteiger charge is 2.13. The summed E-state index contributed by atoms with van der Waals surface area (Å²) in [4.78, 5) is 25.2. The van der Waals surface area contributed by atoms with Gasteiger partial charge in [0.2, 0.25) is 0 Å². The van der Waals surface area contributed by atoms with E-state index in [0.717, 1.165) is 49.7 Å². The molecule has 1 aliphatic rings. The molecule has 9 heteroatoms. The Kier molecular flexibility index (Phi) is 6.29. The number of hydrogen-bond donors (Lipinski definition) is 2. The maximum atomic E-state index is 11.9. The first-order valence-electron chi connectivity index (χ1n) is 8.52. The number of methoxy groups -OCH3 is 1.